The van der Waals surface area contributed by atoms with Crippen molar-refractivity contribution in [1.29, 1.82) is 0 Å². The maximum Gasteiger partial charge on any atom is 0.245 e. The van der Waals surface area contributed by atoms with Gasteiger partial charge in [0.2, 0.25) is 10.0 Å². The fourth-order valence-corrected chi connectivity index (χ4v) is 3.23. The van der Waals surface area contributed by atoms with Gasteiger partial charge >= 0.3 is 0 Å². The second kappa shape index (κ2) is 5.43. The monoisotopic (exact) mass is 314 g/mol. The van der Waals surface area contributed by atoms with Gasteiger partial charge in [0.1, 0.15) is 10.7 Å². The number of aryl methyl sites for hydroxylation is 1. The highest BCUT2D eigenvalue weighted by Gasteiger charge is 2.24. The molecule has 0 aliphatic heterocycles. The lowest BCUT2D eigenvalue weighted by Crippen LogP contribution is -2.28. The van der Waals surface area contributed by atoms with Crippen LogP contribution in [-0.4, -0.2) is 29.3 Å². The first kappa shape index (κ1) is 14.8. The summed E-state index contributed by atoms with van der Waals surface area (Å²) in [5.74, 6) is 0.636. The lowest BCUT2D eigenvalue weighted by atomic mass is 10.3. The fraction of sp³-hybridized carbons (Fsp3) is 0.250. The van der Waals surface area contributed by atoms with Crippen molar-refractivity contribution >= 4 is 27.3 Å². The number of aromatic nitrogens is 2. The van der Waals surface area contributed by atoms with Gasteiger partial charge in [-0.05, 0) is 18.2 Å². The average molecular weight is 315 g/mol. The molecule has 0 saturated heterocycles. The summed E-state index contributed by atoms with van der Waals surface area (Å²) in [7, 11) is -0.436. The third-order valence-electron chi connectivity index (χ3n) is 2.95. The van der Waals surface area contributed by atoms with Gasteiger partial charge in [-0.25, -0.2) is 13.4 Å². The Bertz CT molecular complexity index is 727. The highest BCUT2D eigenvalue weighted by Crippen LogP contribution is 2.25. The Morgan fingerprint density at radius 3 is 2.75 bits per heavy atom. The molecule has 0 bridgehead atoms. The van der Waals surface area contributed by atoms with Crippen LogP contribution in [0.25, 0.3) is 0 Å². The standard InChI is InChI=1S/C12H15ClN4O2S/c1-16-6-5-15-12(16)8-17(2)20(18,19)11-7-9(13)3-4-10(11)14/h3-7H,8,14H2,1-2H3. The second-order valence-electron chi connectivity index (χ2n) is 4.40. The molecule has 0 radical (unpaired) electrons. The van der Waals surface area contributed by atoms with Crippen LogP contribution in [0.2, 0.25) is 5.02 Å². The number of halogens is 1. The van der Waals surface area contributed by atoms with E-state index in [-0.39, 0.29) is 17.1 Å². The molecular weight excluding hydrogens is 300 g/mol. The number of nitrogens with zero attached hydrogens (tertiary/aromatic N) is 3. The number of nitrogen functional groups attached to an aromatic ring is 1. The van der Waals surface area contributed by atoms with Gasteiger partial charge in [-0.2, -0.15) is 4.31 Å². The van der Waals surface area contributed by atoms with Crippen LogP contribution in [0.1, 0.15) is 5.82 Å². The topological polar surface area (TPSA) is 81.2 Å². The SMILES string of the molecule is CN(Cc1nccn1C)S(=O)(=O)c1cc(Cl)ccc1N. The summed E-state index contributed by atoms with van der Waals surface area (Å²) in [5.41, 5.74) is 5.90. The third-order valence-corrected chi connectivity index (χ3v) is 5.04. The quantitative estimate of drug-likeness (QED) is 0.867. The Labute approximate surface area is 122 Å². The van der Waals surface area contributed by atoms with Gasteiger partial charge in [0.25, 0.3) is 0 Å². The molecule has 8 heteroatoms. The first-order chi connectivity index (χ1) is 9.32. The largest absolute Gasteiger partial charge is 0.398 e. The van der Waals surface area contributed by atoms with Crippen molar-refractivity contribution in [3.05, 3.63) is 41.4 Å². The Balaban J connectivity index is 2.35. The Morgan fingerprint density at radius 2 is 2.15 bits per heavy atom. The average Bonchev–Trinajstić information content (AvgIpc) is 2.78. The highest BCUT2D eigenvalue weighted by atomic mass is 35.5. The van der Waals surface area contributed by atoms with Crippen molar-refractivity contribution in [2.24, 2.45) is 7.05 Å². The zero-order valence-electron chi connectivity index (χ0n) is 11.1. The molecule has 0 spiro atoms. The molecule has 0 amide bonds. The summed E-state index contributed by atoms with van der Waals surface area (Å²) in [4.78, 5) is 4.10. The lowest BCUT2D eigenvalue weighted by Gasteiger charge is -2.18. The third kappa shape index (κ3) is 2.79. The molecule has 1 aromatic carbocycles. The van der Waals surface area contributed by atoms with E-state index < -0.39 is 10.0 Å². The summed E-state index contributed by atoms with van der Waals surface area (Å²) < 4.78 is 27.9. The number of benzene rings is 1. The summed E-state index contributed by atoms with van der Waals surface area (Å²) in [6.07, 6.45) is 3.37. The molecule has 20 heavy (non-hydrogen) atoms. The molecule has 0 atom stereocenters. The minimum Gasteiger partial charge on any atom is -0.398 e. The van der Waals surface area contributed by atoms with E-state index in [2.05, 4.69) is 4.98 Å². The molecule has 2 aromatic rings. The Hall–Kier alpha value is -1.57. The first-order valence-electron chi connectivity index (χ1n) is 5.80. The van der Waals surface area contributed by atoms with Crippen molar-refractivity contribution in [2.75, 3.05) is 12.8 Å². The molecular formula is C12H15ClN4O2S. The summed E-state index contributed by atoms with van der Waals surface area (Å²) in [6, 6.07) is 4.37. The maximum absolute atomic E-state index is 12.5. The number of hydrogen-bond donors (Lipinski definition) is 1. The molecule has 0 saturated carbocycles. The number of sulfonamides is 1. The van der Waals surface area contributed by atoms with Crippen molar-refractivity contribution in [2.45, 2.75) is 11.4 Å². The zero-order chi connectivity index (χ0) is 14.9. The Kier molecular flexibility index (Phi) is 4.03. The van der Waals surface area contributed by atoms with E-state index in [0.29, 0.717) is 10.8 Å². The second-order valence-corrected chi connectivity index (χ2v) is 6.85. The summed E-state index contributed by atoms with van der Waals surface area (Å²) in [6.45, 7) is 0.151. The van der Waals surface area contributed by atoms with E-state index >= 15 is 0 Å². The molecule has 108 valence electrons. The highest BCUT2D eigenvalue weighted by molar-refractivity contribution is 7.89. The lowest BCUT2D eigenvalue weighted by molar-refractivity contribution is 0.451. The number of anilines is 1. The van der Waals surface area contributed by atoms with E-state index in [1.165, 1.54) is 23.5 Å². The molecule has 0 aliphatic rings. The maximum atomic E-state index is 12.5. The van der Waals surface area contributed by atoms with Crippen LogP contribution in [0.5, 0.6) is 0 Å². The van der Waals surface area contributed by atoms with Crippen LogP contribution in [0.3, 0.4) is 0 Å². The summed E-state index contributed by atoms with van der Waals surface area (Å²) in [5, 5.41) is 0.322. The molecule has 6 nitrogen and oxygen atoms in total. The molecule has 0 aliphatic carbocycles. The van der Waals surface area contributed by atoms with Crippen molar-refractivity contribution < 1.29 is 8.42 Å². The van der Waals surface area contributed by atoms with Gasteiger partial charge in [0.05, 0.1) is 12.2 Å². The van der Waals surface area contributed by atoms with Crippen molar-refractivity contribution in [3.8, 4) is 0 Å². The summed E-state index contributed by atoms with van der Waals surface area (Å²) >= 11 is 5.84. The number of rotatable bonds is 4. The van der Waals surface area contributed by atoms with Crippen LogP contribution in [0.4, 0.5) is 5.69 Å². The van der Waals surface area contributed by atoms with E-state index in [4.69, 9.17) is 17.3 Å². The van der Waals surface area contributed by atoms with E-state index in [0.717, 1.165) is 0 Å². The Morgan fingerprint density at radius 1 is 1.45 bits per heavy atom. The number of nitrogens with two attached hydrogens (primary N) is 1. The van der Waals surface area contributed by atoms with Gasteiger partial charge in [-0.15, -0.1) is 0 Å². The van der Waals surface area contributed by atoms with Crippen LogP contribution in [-0.2, 0) is 23.6 Å². The zero-order valence-corrected chi connectivity index (χ0v) is 12.7. The molecule has 0 fully saturated rings. The van der Waals surface area contributed by atoms with Gasteiger partial charge < -0.3 is 10.3 Å². The van der Waals surface area contributed by atoms with Crippen molar-refractivity contribution in [3.63, 3.8) is 0 Å². The van der Waals surface area contributed by atoms with E-state index in [1.54, 1.807) is 30.1 Å². The molecule has 1 heterocycles. The predicted molar refractivity (Wildman–Crippen MR) is 77.7 cm³/mol. The molecule has 2 rings (SSSR count). The smallest absolute Gasteiger partial charge is 0.245 e. The van der Waals surface area contributed by atoms with Gasteiger partial charge in [-0.3, -0.25) is 0 Å². The normalized spacial score (nSPS) is 12.0. The minimum atomic E-state index is -3.71. The van der Waals surface area contributed by atoms with Crippen LogP contribution >= 0.6 is 11.6 Å². The fourth-order valence-electron chi connectivity index (χ4n) is 1.73. The van der Waals surface area contributed by atoms with E-state index in [1.807, 2.05) is 0 Å². The van der Waals surface area contributed by atoms with Gasteiger partial charge in [-0.1, -0.05) is 11.6 Å². The van der Waals surface area contributed by atoms with Gasteiger partial charge in [0.15, 0.2) is 0 Å². The van der Waals surface area contributed by atoms with Crippen molar-refractivity contribution in [1.82, 2.24) is 13.9 Å². The van der Waals surface area contributed by atoms with Crippen LogP contribution < -0.4 is 5.73 Å². The molecule has 0 unspecified atom stereocenters. The van der Waals surface area contributed by atoms with Gasteiger partial charge in [0, 0.05) is 31.5 Å². The molecule has 2 N–H and O–H groups in total. The number of hydrogen-bond acceptors (Lipinski definition) is 4. The predicted octanol–water partition coefficient (Wildman–Crippen LogP) is 1.48. The first-order valence-corrected chi connectivity index (χ1v) is 7.61. The molecule has 1 aromatic heterocycles. The van der Waals surface area contributed by atoms with E-state index in [9.17, 15) is 8.42 Å². The van der Waals surface area contributed by atoms with Crippen LogP contribution in [0.15, 0.2) is 35.5 Å². The van der Waals surface area contributed by atoms with Crippen LogP contribution in [0, 0.1) is 0 Å². The number of imidazole rings is 1. The minimum absolute atomic E-state index is 0.00158.